The Morgan fingerprint density at radius 2 is 1.94 bits per heavy atom. The largest absolute Gasteiger partial charge is 0.308 e. The molecule has 2 heteroatoms. The normalized spacial score (nSPS) is 11.1. The van der Waals surface area contributed by atoms with Gasteiger partial charge in [-0.3, -0.25) is 0 Å². The molecule has 0 spiro atoms. The van der Waals surface area contributed by atoms with Crippen molar-refractivity contribution in [1.82, 2.24) is 5.32 Å². The van der Waals surface area contributed by atoms with Crippen molar-refractivity contribution in [2.75, 3.05) is 6.54 Å². The van der Waals surface area contributed by atoms with E-state index in [2.05, 4.69) is 60.8 Å². The van der Waals surface area contributed by atoms with Gasteiger partial charge in [-0.25, -0.2) is 0 Å². The fourth-order valence-electron chi connectivity index (χ4n) is 1.62. The molecule has 2 rings (SSSR count). The summed E-state index contributed by atoms with van der Waals surface area (Å²) in [5.74, 6) is 0. The van der Waals surface area contributed by atoms with Crippen molar-refractivity contribution in [3.05, 3.63) is 63.9 Å². The number of hydrogen-bond donors (Lipinski definition) is 1. The van der Waals surface area contributed by atoms with E-state index in [1.54, 1.807) is 0 Å². The number of thiophene rings is 1. The van der Waals surface area contributed by atoms with Crippen molar-refractivity contribution in [3.8, 4) is 0 Å². The van der Waals surface area contributed by atoms with Gasteiger partial charge in [-0.2, -0.15) is 0 Å². The highest BCUT2D eigenvalue weighted by Gasteiger charge is 1.94. The van der Waals surface area contributed by atoms with Crippen LogP contribution < -0.4 is 5.32 Å². The van der Waals surface area contributed by atoms with Crippen LogP contribution in [0.2, 0.25) is 0 Å². The molecule has 1 aromatic heterocycles. The highest BCUT2D eigenvalue weighted by molar-refractivity contribution is 7.11. The Morgan fingerprint density at radius 3 is 2.65 bits per heavy atom. The van der Waals surface area contributed by atoms with Crippen molar-refractivity contribution in [3.63, 3.8) is 0 Å². The molecule has 0 aliphatic carbocycles. The van der Waals surface area contributed by atoms with Gasteiger partial charge in [0.15, 0.2) is 0 Å². The fourth-order valence-corrected chi connectivity index (χ4v) is 2.48. The van der Waals surface area contributed by atoms with Crippen molar-refractivity contribution in [2.24, 2.45) is 0 Å². The summed E-state index contributed by atoms with van der Waals surface area (Å²) >= 11 is 1.86. The van der Waals surface area contributed by atoms with Crippen molar-refractivity contribution in [1.29, 1.82) is 0 Å². The molecule has 88 valence electrons. The van der Waals surface area contributed by atoms with Gasteiger partial charge in [0.25, 0.3) is 0 Å². The van der Waals surface area contributed by atoms with Gasteiger partial charge in [0, 0.05) is 22.8 Å². The van der Waals surface area contributed by atoms with Gasteiger partial charge in [-0.15, -0.1) is 11.3 Å². The van der Waals surface area contributed by atoms with Gasteiger partial charge in [-0.1, -0.05) is 42.5 Å². The Hall–Kier alpha value is -1.38. The average molecular weight is 243 g/mol. The lowest BCUT2D eigenvalue weighted by Gasteiger charge is -1.98. The summed E-state index contributed by atoms with van der Waals surface area (Å²) in [6, 6.07) is 14.7. The predicted octanol–water partition coefficient (Wildman–Crippen LogP) is 3.86. The third-order valence-corrected chi connectivity index (χ3v) is 3.47. The summed E-state index contributed by atoms with van der Waals surface area (Å²) in [6.45, 7) is 4.01. The van der Waals surface area contributed by atoms with Crippen molar-refractivity contribution < 1.29 is 0 Å². The lowest BCUT2D eigenvalue weighted by molar-refractivity contribution is 0.771. The molecule has 0 atom stereocenters. The van der Waals surface area contributed by atoms with Crippen LogP contribution in [0.5, 0.6) is 0 Å². The van der Waals surface area contributed by atoms with Crippen LogP contribution in [-0.2, 0) is 6.54 Å². The Balaban J connectivity index is 1.71. The van der Waals surface area contributed by atoms with E-state index in [1.165, 1.54) is 15.3 Å². The molecular formula is C15H17NS. The van der Waals surface area contributed by atoms with Gasteiger partial charge < -0.3 is 5.32 Å². The molecule has 0 aliphatic rings. The number of nitrogens with one attached hydrogen (secondary N) is 1. The van der Waals surface area contributed by atoms with Gasteiger partial charge in [0.1, 0.15) is 0 Å². The first kappa shape index (κ1) is 12.1. The number of aryl methyl sites for hydroxylation is 1. The van der Waals surface area contributed by atoms with E-state index >= 15 is 0 Å². The molecule has 1 heterocycles. The third kappa shape index (κ3) is 4.17. The zero-order chi connectivity index (χ0) is 11.9. The molecular weight excluding hydrogens is 226 g/mol. The molecule has 0 saturated heterocycles. The Kier molecular flexibility index (Phi) is 4.54. The summed E-state index contributed by atoms with van der Waals surface area (Å²) < 4.78 is 0. The number of hydrogen-bond acceptors (Lipinski definition) is 2. The molecule has 0 aliphatic heterocycles. The van der Waals surface area contributed by atoms with Crippen LogP contribution in [-0.4, -0.2) is 6.54 Å². The molecule has 0 fully saturated rings. The first-order valence-corrected chi connectivity index (χ1v) is 6.64. The maximum atomic E-state index is 3.41. The zero-order valence-corrected chi connectivity index (χ0v) is 10.8. The van der Waals surface area contributed by atoms with Gasteiger partial charge >= 0.3 is 0 Å². The smallest absolute Gasteiger partial charge is 0.0302 e. The zero-order valence-electron chi connectivity index (χ0n) is 10.0. The van der Waals surface area contributed by atoms with E-state index < -0.39 is 0 Å². The van der Waals surface area contributed by atoms with E-state index in [1.807, 2.05) is 17.4 Å². The molecule has 0 amide bonds. The quantitative estimate of drug-likeness (QED) is 0.786. The monoisotopic (exact) mass is 243 g/mol. The second-order valence-electron chi connectivity index (χ2n) is 3.96. The van der Waals surface area contributed by atoms with Crippen LogP contribution >= 0.6 is 11.3 Å². The summed E-state index contributed by atoms with van der Waals surface area (Å²) in [6.07, 6.45) is 4.31. The van der Waals surface area contributed by atoms with Crippen LogP contribution in [0.4, 0.5) is 0 Å². The molecule has 0 saturated carbocycles. The Morgan fingerprint density at radius 1 is 1.12 bits per heavy atom. The summed E-state index contributed by atoms with van der Waals surface area (Å²) in [4.78, 5) is 2.78. The first-order chi connectivity index (χ1) is 8.34. The summed E-state index contributed by atoms with van der Waals surface area (Å²) in [5, 5.41) is 3.41. The second-order valence-corrected chi connectivity index (χ2v) is 5.33. The van der Waals surface area contributed by atoms with Gasteiger partial charge in [0.05, 0.1) is 0 Å². The van der Waals surface area contributed by atoms with Crippen molar-refractivity contribution >= 4 is 17.4 Å². The highest BCUT2D eigenvalue weighted by atomic mass is 32.1. The Labute approximate surface area is 107 Å². The van der Waals surface area contributed by atoms with Crippen LogP contribution in [0.25, 0.3) is 6.08 Å². The topological polar surface area (TPSA) is 12.0 Å². The second kappa shape index (κ2) is 6.38. The van der Waals surface area contributed by atoms with Gasteiger partial charge in [-0.05, 0) is 24.6 Å². The Bertz CT molecular complexity index is 471. The van der Waals surface area contributed by atoms with Crippen LogP contribution in [0.15, 0.2) is 48.5 Å². The van der Waals surface area contributed by atoms with Crippen LogP contribution in [0.1, 0.15) is 15.3 Å². The number of rotatable bonds is 5. The molecule has 1 N–H and O–H groups in total. The lowest BCUT2D eigenvalue weighted by atomic mass is 10.2. The predicted molar refractivity (Wildman–Crippen MR) is 76.2 cm³/mol. The number of benzene rings is 1. The first-order valence-electron chi connectivity index (χ1n) is 5.82. The standard InChI is InChI=1S/C15H17NS/c1-13-9-10-15(17-13)12-16-11-5-8-14-6-3-2-4-7-14/h2-10,16H,11-12H2,1H3. The summed E-state index contributed by atoms with van der Waals surface area (Å²) in [5.41, 5.74) is 1.25. The van der Waals surface area contributed by atoms with Gasteiger partial charge in [0.2, 0.25) is 0 Å². The molecule has 0 radical (unpaired) electrons. The molecule has 0 unspecified atom stereocenters. The maximum absolute atomic E-state index is 3.41. The van der Waals surface area contributed by atoms with E-state index in [9.17, 15) is 0 Å². The lowest BCUT2D eigenvalue weighted by Crippen LogP contribution is -2.11. The fraction of sp³-hybridized carbons (Fsp3) is 0.200. The van der Waals surface area contributed by atoms with E-state index in [0.29, 0.717) is 0 Å². The van der Waals surface area contributed by atoms with Crippen LogP contribution in [0.3, 0.4) is 0 Å². The minimum atomic E-state index is 0.909. The summed E-state index contributed by atoms with van der Waals surface area (Å²) in [7, 11) is 0. The van der Waals surface area contributed by atoms with Crippen molar-refractivity contribution in [2.45, 2.75) is 13.5 Å². The van der Waals surface area contributed by atoms with E-state index in [4.69, 9.17) is 0 Å². The van der Waals surface area contributed by atoms with E-state index in [0.717, 1.165) is 13.1 Å². The molecule has 0 bridgehead atoms. The minimum absolute atomic E-state index is 0.909. The molecule has 1 nitrogen and oxygen atoms in total. The third-order valence-electron chi connectivity index (χ3n) is 2.47. The average Bonchev–Trinajstić information content (AvgIpc) is 2.76. The molecule has 17 heavy (non-hydrogen) atoms. The highest BCUT2D eigenvalue weighted by Crippen LogP contribution is 2.14. The van der Waals surface area contributed by atoms with E-state index in [-0.39, 0.29) is 0 Å². The SMILES string of the molecule is Cc1ccc(CNCC=Cc2ccccc2)s1. The molecule has 2 aromatic rings. The molecule has 1 aromatic carbocycles. The van der Waals surface area contributed by atoms with Crippen LogP contribution in [0, 0.1) is 6.92 Å². The minimum Gasteiger partial charge on any atom is -0.308 e. The maximum Gasteiger partial charge on any atom is 0.0302 e.